The average molecular weight is 471 g/mol. The van der Waals surface area contributed by atoms with E-state index in [0.29, 0.717) is 18.3 Å². The summed E-state index contributed by atoms with van der Waals surface area (Å²) in [6.07, 6.45) is 4.25. The smallest absolute Gasteiger partial charge is 0.225 e. The molecular formula is C25H31BrN2O2. The first-order chi connectivity index (χ1) is 14.5. The third-order valence-electron chi connectivity index (χ3n) is 6.19. The molecule has 1 atom stereocenters. The number of hydrogen-bond donors (Lipinski definition) is 1. The van der Waals surface area contributed by atoms with Gasteiger partial charge in [0, 0.05) is 29.0 Å². The highest BCUT2D eigenvalue weighted by Gasteiger charge is 2.28. The van der Waals surface area contributed by atoms with Crippen LogP contribution in [0.1, 0.15) is 50.2 Å². The lowest BCUT2D eigenvalue weighted by atomic mass is 9.87. The Balaban J connectivity index is 1.33. The molecule has 2 aliphatic rings. The minimum Gasteiger partial charge on any atom is -0.491 e. The zero-order valence-corrected chi connectivity index (χ0v) is 19.5. The lowest BCUT2D eigenvalue weighted by molar-refractivity contribution is -0.117. The summed E-state index contributed by atoms with van der Waals surface area (Å²) in [5, 5.41) is 3.01. The zero-order chi connectivity index (χ0) is 21.1. The van der Waals surface area contributed by atoms with E-state index in [4.69, 9.17) is 4.74 Å². The number of anilines is 1. The second-order valence-corrected chi connectivity index (χ2v) is 9.76. The fraction of sp³-hybridized carbons (Fsp3) is 0.480. The van der Waals surface area contributed by atoms with Gasteiger partial charge in [0.1, 0.15) is 5.75 Å². The Labute approximate surface area is 188 Å². The van der Waals surface area contributed by atoms with Crippen LogP contribution in [0.4, 0.5) is 5.69 Å². The number of rotatable bonds is 6. The Morgan fingerprint density at radius 3 is 2.70 bits per heavy atom. The molecule has 1 N–H and O–H groups in total. The summed E-state index contributed by atoms with van der Waals surface area (Å²) in [6, 6.07) is 14.6. The molecule has 0 bridgehead atoms. The second kappa shape index (κ2) is 9.52. The van der Waals surface area contributed by atoms with Gasteiger partial charge in [-0.1, -0.05) is 34.1 Å². The van der Waals surface area contributed by atoms with Gasteiger partial charge in [-0.2, -0.15) is 0 Å². The van der Waals surface area contributed by atoms with Crippen molar-refractivity contribution in [2.45, 2.75) is 51.6 Å². The second-order valence-electron chi connectivity index (χ2n) is 8.90. The molecule has 0 spiro atoms. The molecule has 2 heterocycles. The Morgan fingerprint density at radius 2 is 1.93 bits per heavy atom. The minimum absolute atomic E-state index is 0.141. The average Bonchev–Trinajstić information content (AvgIpc) is 2.71. The summed E-state index contributed by atoms with van der Waals surface area (Å²) in [6.45, 7) is 7.30. The van der Waals surface area contributed by atoms with E-state index >= 15 is 0 Å². The zero-order valence-electron chi connectivity index (χ0n) is 17.9. The molecule has 30 heavy (non-hydrogen) atoms. The van der Waals surface area contributed by atoms with Crippen molar-refractivity contribution in [2.75, 3.05) is 25.0 Å². The normalized spacial score (nSPS) is 20.1. The van der Waals surface area contributed by atoms with E-state index in [0.717, 1.165) is 37.5 Å². The van der Waals surface area contributed by atoms with E-state index in [-0.39, 0.29) is 12.0 Å². The number of carbonyl (C=O) groups is 1. The van der Waals surface area contributed by atoms with E-state index in [1.54, 1.807) is 0 Å². The third kappa shape index (κ3) is 5.25. The molecule has 1 saturated heterocycles. The molecule has 2 aromatic rings. The van der Waals surface area contributed by atoms with Crippen LogP contribution in [0, 0.1) is 5.92 Å². The van der Waals surface area contributed by atoms with Crippen molar-refractivity contribution in [3.63, 3.8) is 0 Å². The van der Waals surface area contributed by atoms with Crippen molar-refractivity contribution in [2.24, 2.45) is 5.92 Å². The van der Waals surface area contributed by atoms with Gasteiger partial charge >= 0.3 is 0 Å². The van der Waals surface area contributed by atoms with E-state index in [1.807, 2.05) is 18.2 Å². The number of amides is 1. The van der Waals surface area contributed by atoms with Gasteiger partial charge in [0.25, 0.3) is 0 Å². The number of nitrogens with zero attached hydrogens (tertiary/aromatic N) is 1. The van der Waals surface area contributed by atoms with Crippen LogP contribution in [-0.4, -0.2) is 36.5 Å². The molecule has 1 amide bonds. The first-order valence-corrected chi connectivity index (χ1v) is 11.8. The number of benzene rings is 2. The van der Waals surface area contributed by atoms with Gasteiger partial charge in [-0.05, 0) is 87.5 Å². The van der Waals surface area contributed by atoms with Crippen LogP contribution in [0.3, 0.4) is 0 Å². The molecule has 0 aromatic heterocycles. The highest BCUT2D eigenvalue weighted by atomic mass is 79.9. The predicted octanol–water partition coefficient (Wildman–Crippen LogP) is 5.62. The van der Waals surface area contributed by atoms with Crippen molar-refractivity contribution < 1.29 is 9.53 Å². The molecule has 2 aromatic carbocycles. The van der Waals surface area contributed by atoms with Gasteiger partial charge in [0.05, 0.1) is 6.10 Å². The Morgan fingerprint density at radius 1 is 1.17 bits per heavy atom. The van der Waals surface area contributed by atoms with Crippen LogP contribution in [0.5, 0.6) is 5.75 Å². The quantitative estimate of drug-likeness (QED) is 0.595. The third-order valence-corrected chi connectivity index (χ3v) is 6.96. The largest absolute Gasteiger partial charge is 0.491 e. The van der Waals surface area contributed by atoms with Crippen LogP contribution in [0.2, 0.25) is 0 Å². The summed E-state index contributed by atoms with van der Waals surface area (Å²) in [5.74, 6) is 2.08. The molecule has 4 nitrogen and oxygen atoms in total. The van der Waals surface area contributed by atoms with Crippen LogP contribution in [-0.2, 0) is 11.2 Å². The maximum absolute atomic E-state index is 12.1. The molecule has 4 rings (SSSR count). The number of hydrogen-bond acceptors (Lipinski definition) is 3. The number of piperidine rings is 1. The summed E-state index contributed by atoms with van der Waals surface area (Å²) in [4.78, 5) is 14.7. The van der Waals surface area contributed by atoms with E-state index in [1.165, 1.54) is 28.4 Å². The minimum atomic E-state index is 0.141. The van der Waals surface area contributed by atoms with Gasteiger partial charge < -0.3 is 15.0 Å². The molecule has 160 valence electrons. The van der Waals surface area contributed by atoms with Crippen LogP contribution >= 0.6 is 15.9 Å². The summed E-state index contributed by atoms with van der Waals surface area (Å²) >= 11 is 3.72. The molecule has 0 saturated carbocycles. The number of nitrogens with one attached hydrogen (secondary N) is 1. The fourth-order valence-electron chi connectivity index (χ4n) is 4.71. The maximum atomic E-state index is 12.1. The Hall–Kier alpha value is -1.85. The predicted molar refractivity (Wildman–Crippen MR) is 125 cm³/mol. The maximum Gasteiger partial charge on any atom is 0.225 e. The lowest BCUT2D eigenvalue weighted by Crippen LogP contribution is -2.39. The summed E-state index contributed by atoms with van der Waals surface area (Å²) in [7, 11) is 0. The van der Waals surface area contributed by atoms with E-state index in [9.17, 15) is 4.79 Å². The fourth-order valence-corrected chi connectivity index (χ4v) is 5.12. The Bertz CT molecular complexity index is 890. The van der Waals surface area contributed by atoms with E-state index in [2.05, 4.69) is 64.3 Å². The topological polar surface area (TPSA) is 41.6 Å². The number of halogens is 1. The molecule has 5 heteroatoms. The lowest BCUT2D eigenvalue weighted by Gasteiger charge is -2.36. The van der Waals surface area contributed by atoms with Crippen molar-refractivity contribution in [1.29, 1.82) is 0 Å². The van der Waals surface area contributed by atoms with Gasteiger partial charge in [-0.3, -0.25) is 4.79 Å². The van der Waals surface area contributed by atoms with Crippen LogP contribution < -0.4 is 10.1 Å². The number of para-hydroxylation sites is 1. The first kappa shape index (κ1) is 21.4. The van der Waals surface area contributed by atoms with Crippen LogP contribution in [0.15, 0.2) is 46.9 Å². The number of fused-ring (bicyclic) bond motifs is 1. The molecule has 0 aliphatic carbocycles. The highest BCUT2D eigenvalue weighted by Crippen LogP contribution is 2.34. The summed E-state index contributed by atoms with van der Waals surface area (Å²) in [5.41, 5.74) is 3.61. The van der Waals surface area contributed by atoms with Crippen molar-refractivity contribution >= 4 is 27.5 Å². The van der Waals surface area contributed by atoms with Crippen molar-refractivity contribution in [3.05, 3.63) is 58.1 Å². The Kier molecular flexibility index (Phi) is 6.79. The van der Waals surface area contributed by atoms with Gasteiger partial charge in [0.15, 0.2) is 0 Å². The molecule has 0 radical (unpaired) electrons. The van der Waals surface area contributed by atoms with Crippen molar-refractivity contribution in [1.82, 2.24) is 4.90 Å². The molecule has 1 unspecified atom stereocenters. The monoisotopic (exact) mass is 470 g/mol. The highest BCUT2D eigenvalue weighted by molar-refractivity contribution is 9.10. The molecule has 2 aliphatic heterocycles. The standard InChI is InChI=1S/C25H31BrN2O2/c1-17(2)30-21-7-8-23(26)19(14-21)13-18-9-11-28(12-10-18)16-20-15-25(29)27-24-6-4-3-5-22(20)24/h3-8,14,17-18,20H,9-13,15-16H2,1-2H3,(H,27,29). The summed E-state index contributed by atoms with van der Waals surface area (Å²) < 4.78 is 7.05. The van der Waals surface area contributed by atoms with Crippen molar-refractivity contribution in [3.8, 4) is 5.75 Å². The van der Waals surface area contributed by atoms with Gasteiger partial charge in [0.2, 0.25) is 5.91 Å². The molecular weight excluding hydrogens is 440 g/mol. The SMILES string of the molecule is CC(C)Oc1ccc(Br)c(CC2CCN(CC3CC(=O)Nc4ccccc43)CC2)c1. The van der Waals surface area contributed by atoms with E-state index < -0.39 is 0 Å². The first-order valence-electron chi connectivity index (χ1n) is 11.0. The van der Waals surface area contributed by atoms with Gasteiger partial charge in [-0.15, -0.1) is 0 Å². The molecule has 1 fully saturated rings. The number of carbonyl (C=O) groups excluding carboxylic acids is 1. The number of likely N-dealkylation sites (tertiary alicyclic amines) is 1. The van der Waals surface area contributed by atoms with Crippen LogP contribution in [0.25, 0.3) is 0 Å². The number of ether oxygens (including phenoxy) is 1. The van der Waals surface area contributed by atoms with Gasteiger partial charge in [-0.25, -0.2) is 0 Å².